The first-order valence-electron chi connectivity index (χ1n) is 9.44. The smallest absolute Gasteiger partial charge is 0.190 e. The number of benzene rings is 1. The number of hydrogen-bond acceptors (Lipinski definition) is 3. The molecule has 1 aliphatic rings. The fourth-order valence-electron chi connectivity index (χ4n) is 3.17. The van der Waals surface area contributed by atoms with Gasteiger partial charge < -0.3 is 10.6 Å². The number of nitrogens with zero attached hydrogens (tertiary/aromatic N) is 1. The molecule has 1 fully saturated rings. The van der Waals surface area contributed by atoms with Crippen molar-refractivity contribution in [1.29, 1.82) is 0 Å². The number of sulfone groups is 1. The summed E-state index contributed by atoms with van der Waals surface area (Å²) in [5.74, 6) is 1.58. The van der Waals surface area contributed by atoms with Crippen LogP contribution in [0, 0.1) is 5.41 Å². The molecule has 2 N–H and O–H groups in total. The first-order valence-corrected chi connectivity index (χ1v) is 11.5. The highest BCUT2D eigenvalue weighted by Crippen LogP contribution is 2.45. The number of guanidine groups is 1. The molecule has 0 aliphatic heterocycles. The van der Waals surface area contributed by atoms with E-state index in [0.717, 1.165) is 38.2 Å². The van der Waals surface area contributed by atoms with Crippen LogP contribution in [0.2, 0.25) is 0 Å². The third-order valence-corrected chi connectivity index (χ3v) is 6.10. The molecule has 2 rings (SSSR count). The van der Waals surface area contributed by atoms with Crippen LogP contribution in [0.15, 0.2) is 29.3 Å². The van der Waals surface area contributed by atoms with Gasteiger partial charge in [0.2, 0.25) is 0 Å². The van der Waals surface area contributed by atoms with Gasteiger partial charge in [0.05, 0.1) is 5.75 Å². The molecule has 0 radical (unpaired) electrons. The number of aryl methyl sites for hydroxylation is 1. The SMILES string of the molecule is CN=C(NCCCc1ccc(C(C)C)cc1)NCC1(CS(C)(=O)=O)CC1. The Morgan fingerprint density at radius 3 is 2.35 bits per heavy atom. The summed E-state index contributed by atoms with van der Waals surface area (Å²) in [6.45, 7) is 5.92. The molecule has 0 spiro atoms. The molecule has 0 bridgehead atoms. The summed E-state index contributed by atoms with van der Waals surface area (Å²) in [7, 11) is -1.19. The summed E-state index contributed by atoms with van der Waals surface area (Å²) in [5.41, 5.74) is 2.63. The van der Waals surface area contributed by atoms with Crippen LogP contribution in [0.3, 0.4) is 0 Å². The van der Waals surface area contributed by atoms with Crippen molar-refractivity contribution in [1.82, 2.24) is 10.6 Å². The molecule has 0 amide bonds. The topological polar surface area (TPSA) is 70.6 Å². The molecule has 1 aliphatic carbocycles. The van der Waals surface area contributed by atoms with E-state index in [1.807, 2.05) is 0 Å². The first-order chi connectivity index (χ1) is 12.2. The summed E-state index contributed by atoms with van der Waals surface area (Å²) in [5, 5.41) is 6.61. The van der Waals surface area contributed by atoms with Gasteiger partial charge in [-0.25, -0.2) is 8.42 Å². The number of nitrogens with one attached hydrogen (secondary N) is 2. The Hall–Kier alpha value is -1.56. The van der Waals surface area contributed by atoms with Crippen molar-refractivity contribution in [2.75, 3.05) is 32.1 Å². The van der Waals surface area contributed by atoms with E-state index in [1.54, 1.807) is 7.05 Å². The van der Waals surface area contributed by atoms with Gasteiger partial charge in [-0.05, 0) is 42.7 Å². The number of hydrogen-bond donors (Lipinski definition) is 2. The normalized spacial score (nSPS) is 16.6. The molecule has 0 unspecified atom stereocenters. The lowest BCUT2D eigenvalue weighted by Crippen LogP contribution is -2.42. The average Bonchev–Trinajstić information content (AvgIpc) is 3.32. The predicted octanol–water partition coefficient (Wildman–Crippen LogP) is 2.73. The Bertz CT molecular complexity index is 705. The Morgan fingerprint density at radius 2 is 1.85 bits per heavy atom. The van der Waals surface area contributed by atoms with E-state index in [0.29, 0.717) is 12.5 Å². The van der Waals surface area contributed by atoms with Gasteiger partial charge in [0.25, 0.3) is 0 Å². The van der Waals surface area contributed by atoms with E-state index in [2.05, 4.69) is 53.7 Å². The standard InChI is InChI=1S/C20H33N3O2S/c1-16(2)18-9-7-17(8-10-18)6-5-13-22-19(21-3)23-14-20(11-12-20)15-26(4,24)25/h7-10,16H,5-6,11-15H2,1-4H3,(H2,21,22,23). The molecule has 0 heterocycles. The zero-order valence-electron chi connectivity index (χ0n) is 16.5. The van der Waals surface area contributed by atoms with Crippen LogP contribution in [-0.4, -0.2) is 46.5 Å². The van der Waals surface area contributed by atoms with Crippen molar-refractivity contribution in [2.24, 2.45) is 10.4 Å². The van der Waals surface area contributed by atoms with Gasteiger partial charge in [-0.1, -0.05) is 38.1 Å². The fraction of sp³-hybridized carbons (Fsp3) is 0.650. The van der Waals surface area contributed by atoms with E-state index in [1.165, 1.54) is 17.4 Å². The molecule has 0 saturated heterocycles. The van der Waals surface area contributed by atoms with Crippen molar-refractivity contribution in [2.45, 2.75) is 45.4 Å². The molecular weight excluding hydrogens is 346 g/mol. The van der Waals surface area contributed by atoms with Crippen LogP contribution in [0.1, 0.15) is 50.2 Å². The Morgan fingerprint density at radius 1 is 1.19 bits per heavy atom. The van der Waals surface area contributed by atoms with E-state index >= 15 is 0 Å². The minimum Gasteiger partial charge on any atom is -0.356 e. The van der Waals surface area contributed by atoms with Gasteiger partial charge in [-0.2, -0.15) is 0 Å². The Labute approximate surface area is 158 Å². The second-order valence-electron chi connectivity index (χ2n) is 7.92. The monoisotopic (exact) mass is 379 g/mol. The Balaban J connectivity index is 1.69. The molecule has 1 aromatic carbocycles. The molecule has 26 heavy (non-hydrogen) atoms. The lowest BCUT2D eigenvalue weighted by atomic mass is 10.0. The predicted molar refractivity (Wildman–Crippen MR) is 110 cm³/mol. The molecule has 0 atom stereocenters. The van der Waals surface area contributed by atoms with Gasteiger partial charge in [0.15, 0.2) is 5.96 Å². The van der Waals surface area contributed by atoms with Crippen molar-refractivity contribution >= 4 is 15.8 Å². The third kappa shape index (κ3) is 6.98. The minimum absolute atomic E-state index is 0.0939. The van der Waals surface area contributed by atoms with E-state index in [4.69, 9.17) is 0 Å². The van der Waals surface area contributed by atoms with Gasteiger partial charge in [-0.15, -0.1) is 0 Å². The Kier molecular flexibility index (Phi) is 7.09. The fourth-order valence-corrected chi connectivity index (χ4v) is 4.67. The van der Waals surface area contributed by atoms with Crippen LogP contribution in [-0.2, 0) is 16.3 Å². The van der Waals surface area contributed by atoms with Crippen LogP contribution < -0.4 is 10.6 Å². The van der Waals surface area contributed by atoms with Crippen molar-refractivity contribution in [3.05, 3.63) is 35.4 Å². The number of aliphatic imine (C=N–C) groups is 1. The maximum Gasteiger partial charge on any atom is 0.190 e. The van der Waals surface area contributed by atoms with E-state index in [9.17, 15) is 8.42 Å². The maximum absolute atomic E-state index is 11.5. The lowest BCUT2D eigenvalue weighted by Gasteiger charge is -2.17. The molecule has 5 nitrogen and oxygen atoms in total. The van der Waals surface area contributed by atoms with Crippen molar-refractivity contribution < 1.29 is 8.42 Å². The zero-order chi connectivity index (χ0) is 19.2. The highest BCUT2D eigenvalue weighted by atomic mass is 32.2. The zero-order valence-corrected chi connectivity index (χ0v) is 17.3. The molecule has 1 aromatic rings. The lowest BCUT2D eigenvalue weighted by molar-refractivity contribution is 0.529. The summed E-state index contributed by atoms with van der Waals surface area (Å²) < 4.78 is 23.1. The average molecular weight is 380 g/mol. The second-order valence-corrected chi connectivity index (χ2v) is 10.1. The highest BCUT2D eigenvalue weighted by Gasteiger charge is 2.45. The maximum atomic E-state index is 11.5. The van der Waals surface area contributed by atoms with E-state index < -0.39 is 9.84 Å². The highest BCUT2D eigenvalue weighted by molar-refractivity contribution is 7.90. The summed E-state index contributed by atoms with van der Waals surface area (Å²) in [4.78, 5) is 4.24. The van der Waals surface area contributed by atoms with Gasteiger partial charge in [-0.3, -0.25) is 4.99 Å². The summed E-state index contributed by atoms with van der Waals surface area (Å²) >= 11 is 0. The van der Waals surface area contributed by atoms with Crippen LogP contribution in [0.25, 0.3) is 0 Å². The van der Waals surface area contributed by atoms with Crippen molar-refractivity contribution in [3.63, 3.8) is 0 Å². The van der Waals surface area contributed by atoms with Crippen molar-refractivity contribution in [3.8, 4) is 0 Å². The molecule has 0 aromatic heterocycles. The van der Waals surface area contributed by atoms with Crippen LogP contribution in [0.5, 0.6) is 0 Å². The van der Waals surface area contributed by atoms with Gasteiger partial charge in [0, 0.05) is 31.8 Å². The second kappa shape index (κ2) is 8.89. The summed E-state index contributed by atoms with van der Waals surface area (Å²) in [6, 6.07) is 8.85. The van der Waals surface area contributed by atoms with Gasteiger partial charge in [0.1, 0.15) is 9.84 Å². The van der Waals surface area contributed by atoms with Gasteiger partial charge >= 0.3 is 0 Å². The van der Waals surface area contributed by atoms with E-state index in [-0.39, 0.29) is 11.2 Å². The first kappa shape index (κ1) is 20.7. The quantitative estimate of drug-likeness (QED) is 0.393. The largest absolute Gasteiger partial charge is 0.356 e. The minimum atomic E-state index is -2.93. The number of rotatable bonds is 9. The molecule has 1 saturated carbocycles. The molecule has 6 heteroatoms. The molecular formula is C20H33N3O2S. The molecule has 146 valence electrons. The summed E-state index contributed by atoms with van der Waals surface area (Å²) in [6.07, 6.45) is 5.30. The third-order valence-electron chi connectivity index (χ3n) is 4.96. The van der Waals surface area contributed by atoms with Crippen LogP contribution in [0.4, 0.5) is 0 Å². The van der Waals surface area contributed by atoms with Crippen LogP contribution >= 0.6 is 0 Å².